The standard InChI is InChI=1S/C16H18N2OS/c1-13(15-12-17-8-9-18-15)11-16(19)20-10-7-14-5-3-2-4-6-14/h2-6,8-9,12-13H,7,10-11H2,1H3/t13-/m1/s1. The Morgan fingerprint density at radius 2 is 2.05 bits per heavy atom. The molecule has 0 unspecified atom stereocenters. The van der Waals surface area contributed by atoms with Gasteiger partial charge >= 0.3 is 0 Å². The molecule has 0 fully saturated rings. The molecule has 1 heterocycles. The van der Waals surface area contributed by atoms with Crippen molar-refractivity contribution in [3.8, 4) is 0 Å². The van der Waals surface area contributed by atoms with Gasteiger partial charge in [-0.05, 0) is 12.0 Å². The fraction of sp³-hybridized carbons (Fsp3) is 0.312. The van der Waals surface area contributed by atoms with Gasteiger partial charge in [0.1, 0.15) is 0 Å². The molecule has 2 aromatic rings. The number of rotatable bonds is 6. The fourth-order valence-corrected chi connectivity index (χ4v) is 2.84. The maximum absolute atomic E-state index is 11.9. The van der Waals surface area contributed by atoms with E-state index in [2.05, 4.69) is 22.1 Å². The SMILES string of the molecule is C[C@H](CC(=O)SCCc1ccccc1)c1cnccn1. The van der Waals surface area contributed by atoms with Crippen LogP contribution in [0.4, 0.5) is 0 Å². The first-order valence-electron chi connectivity index (χ1n) is 6.71. The van der Waals surface area contributed by atoms with Crippen LogP contribution in [0.5, 0.6) is 0 Å². The van der Waals surface area contributed by atoms with Crippen LogP contribution < -0.4 is 0 Å². The van der Waals surface area contributed by atoms with Crippen molar-refractivity contribution in [1.82, 2.24) is 9.97 Å². The maximum atomic E-state index is 11.9. The monoisotopic (exact) mass is 286 g/mol. The van der Waals surface area contributed by atoms with Crippen LogP contribution >= 0.6 is 11.8 Å². The topological polar surface area (TPSA) is 42.9 Å². The molecule has 104 valence electrons. The van der Waals surface area contributed by atoms with Crippen LogP contribution in [0.1, 0.15) is 30.5 Å². The van der Waals surface area contributed by atoms with Crippen LogP contribution in [0, 0.1) is 0 Å². The highest BCUT2D eigenvalue weighted by Gasteiger charge is 2.12. The molecule has 0 radical (unpaired) electrons. The molecule has 0 aliphatic heterocycles. The highest BCUT2D eigenvalue weighted by Crippen LogP contribution is 2.20. The van der Waals surface area contributed by atoms with E-state index in [9.17, 15) is 4.79 Å². The van der Waals surface area contributed by atoms with Gasteiger partial charge in [0.05, 0.1) is 5.69 Å². The zero-order valence-corrected chi connectivity index (χ0v) is 12.3. The molecule has 0 saturated heterocycles. The lowest BCUT2D eigenvalue weighted by molar-refractivity contribution is -0.111. The third kappa shape index (κ3) is 4.78. The second kappa shape index (κ2) is 7.80. The average molecular weight is 286 g/mol. The van der Waals surface area contributed by atoms with Gasteiger partial charge in [0.2, 0.25) is 0 Å². The maximum Gasteiger partial charge on any atom is 0.189 e. The first-order valence-corrected chi connectivity index (χ1v) is 7.69. The summed E-state index contributed by atoms with van der Waals surface area (Å²) in [6.07, 6.45) is 6.48. The molecule has 2 rings (SSSR count). The predicted molar refractivity (Wildman–Crippen MR) is 82.7 cm³/mol. The van der Waals surface area contributed by atoms with Gasteiger partial charge in [0, 0.05) is 36.7 Å². The second-order valence-electron chi connectivity index (χ2n) is 4.69. The van der Waals surface area contributed by atoms with E-state index in [4.69, 9.17) is 0 Å². The van der Waals surface area contributed by atoms with Crippen LogP contribution in [0.3, 0.4) is 0 Å². The summed E-state index contributed by atoms with van der Waals surface area (Å²) < 4.78 is 0. The summed E-state index contributed by atoms with van der Waals surface area (Å²) in [6, 6.07) is 10.2. The summed E-state index contributed by atoms with van der Waals surface area (Å²) in [5.41, 5.74) is 2.15. The van der Waals surface area contributed by atoms with Crippen LogP contribution in [0.25, 0.3) is 0 Å². The number of nitrogens with zero attached hydrogens (tertiary/aromatic N) is 2. The van der Waals surface area contributed by atoms with E-state index in [1.54, 1.807) is 18.6 Å². The molecule has 0 bridgehead atoms. The fourth-order valence-electron chi connectivity index (χ4n) is 1.91. The Labute approximate surface area is 123 Å². The van der Waals surface area contributed by atoms with Gasteiger partial charge in [-0.25, -0.2) is 0 Å². The quantitative estimate of drug-likeness (QED) is 0.815. The number of aryl methyl sites for hydroxylation is 1. The molecule has 0 aliphatic rings. The van der Waals surface area contributed by atoms with Crippen LogP contribution in [0.15, 0.2) is 48.9 Å². The summed E-state index contributed by atoms with van der Waals surface area (Å²) in [4.78, 5) is 20.2. The Kier molecular flexibility index (Phi) is 5.74. The Morgan fingerprint density at radius 1 is 1.25 bits per heavy atom. The van der Waals surface area contributed by atoms with Gasteiger partial charge in [0.25, 0.3) is 0 Å². The molecule has 1 aromatic carbocycles. The molecule has 0 spiro atoms. The first kappa shape index (κ1) is 14.7. The molecular weight excluding hydrogens is 268 g/mol. The van der Waals surface area contributed by atoms with Crippen molar-refractivity contribution in [3.05, 3.63) is 60.2 Å². The van der Waals surface area contributed by atoms with E-state index < -0.39 is 0 Å². The van der Waals surface area contributed by atoms with Crippen molar-refractivity contribution >= 4 is 16.9 Å². The Morgan fingerprint density at radius 3 is 2.75 bits per heavy atom. The molecule has 20 heavy (non-hydrogen) atoms. The average Bonchev–Trinajstić information content (AvgIpc) is 2.49. The molecule has 3 nitrogen and oxygen atoms in total. The zero-order chi connectivity index (χ0) is 14.2. The van der Waals surface area contributed by atoms with E-state index in [1.165, 1.54) is 17.3 Å². The molecule has 0 amide bonds. The number of hydrogen-bond donors (Lipinski definition) is 0. The lowest BCUT2D eigenvalue weighted by atomic mass is 10.1. The van der Waals surface area contributed by atoms with E-state index in [0.29, 0.717) is 6.42 Å². The highest BCUT2D eigenvalue weighted by molar-refractivity contribution is 8.13. The van der Waals surface area contributed by atoms with Gasteiger partial charge < -0.3 is 0 Å². The number of hydrogen-bond acceptors (Lipinski definition) is 4. The Hall–Kier alpha value is -1.68. The van der Waals surface area contributed by atoms with Crippen molar-refractivity contribution in [2.45, 2.75) is 25.7 Å². The van der Waals surface area contributed by atoms with Crippen LogP contribution in [-0.2, 0) is 11.2 Å². The number of aromatic nitrogens is 2. The minimum absolute atomic E-state index is 0.125. The summed E-state index contributed by atoms with van der Waals surface area (Å²) in [5, 5.41) is 0.221. The van der Waals surface area contributed by atoms with Crippen molar-refractivity contribution in [3.63, 3.8) is 0 Å². The molecule has 1 aromatic heterocycles. The minimum Gasteiger partial charge on any atom is -0.287 e. The van der Waals surface area contributed by atoms with Gasteiger partial charge in [-0.15, -0.1) is 0 Å². The Bertz CT molecular complexity index is 531. The molecular formula is C16H18N2OS. The number of carbonyl (C=O) groups is 1. The van der Waals surface area contributed by atoms with Crippen molar-refractivity contribution in [2.24, 2.45) is 0 Å². The molecule has 0 N–H and O–H groups in total. The largest absolute Gasteiger partial charge is 0.287 e. The molecule has 1 atom stereocenters. The summed E-state index contributed by atoms with van der Waals surface area (Å²) in [7, 11) is 0. The van der Waals surface area contributed by atoms with E-state index in [0.717, 1.165) is 17.9 Å². The second-order valence-corrected chi connectivity index (χ2v) is 5.84. The lowest BCUT2D eigenvalue weighted by Crippen LogP contribution is -2.04. The number of carbonyl (C=O) groups excluding carboxylic acids is 1. The van der Waals surface area contributed by atoms with Crippen molar-refractivity contribution < 1.29 is 4.79 Å². The first-order chi connectivity index (χ1) is 9.75. The van der Waals surface area contributed by atoms with Gasteiger partial charge in [-0.3, -0.25) is 14.8 Å². The van der Waals surface area contributed by atoms with Crippen LogP contribution in [-0.4, -0.2) is 20.8 Å². The van der Waals surface area contributed by atoms with Crippen molar-refractivity contribution in [2.75, 3.05) is 5.75 Å². The van der Waals surface area contributed by atoms with Gasteiger partial charge in [0.15, 0.2) is 5.12 Å². The van der Waals surface area contributed by atoms with Crippen LogP contribution in [0.2, 0.25) is 0 Å². The molecule has 0 aliphatic carbocycles. The normalized spacial score (nSPS) is 12.1. The van der Waals surface area contributed by atoms with Gasteiger partial charge in [-0.2, -0.15) is 0 Å². The van der Waals surface area contributed by atoms with Gasteiger partial charge in [-0.1, -0.05) is 49.0 Å². The molecule has 4 heteroatoms. The van der Waals surface area contributed by atoms with E-state index >= 15 is 0 Å². The third-order valence-corrected chi connectivity index (χ3v) is 3.95. The minimum atomic E-state index is 0.125. The highest BCUT2D eigenvalue weighted by atomic mass is 32.2. The van der Waals surface area contributed by atoms with Crippen molar-refractivity contribution in [1.29, 1.82) is 0 Å². The summed E-state index contributed by atoms with van der Waals surface area (Å²) in [5.74, 6) is 0.955. The third-order valence-electron chi connectivity index (χ3n) is 3.06. The Balaban J connectivity index is 1.73. The van der Waals surface area contributed by atoms with E-state index in [-0.39, 0.29) is 11.0 Å². The lowest BCUT2D eigenvalue weighted by Gasteiger charge is -2.08. The zero-order valence-electron chi connectivity index (χ0n) is 11.5. The smallest absolute Gasteiger partial charge is 0.189 e. The summed E-state index contributed by atoms with van der Waals surface area (Å²) in [6.45, 7) is 2.01. The number of thioether (sulfide) groups is 1. The molecule has 0 saturated carbocycles. The van der Waals surface area contributed by atoms with E-state index in [1.807, 2.05) is 25.1 Å². The summed E-state index contributed by atoms with van der Waals surface area (Å²) >= 11 is 1.41. The predicted octanol–water partition coefficient (Wildman–Crippen LogP) is 3.47. The number of benzene rings is 1.